The third-order valence-corrected chi connectivity index (χ3v) is 5.14. The van der Waals surface area contributed by atoms with Crippen molar-refractivity contribution in [2.24, 2.45) is 5.10 Å². The molecule has 0 unspecified atom stereocenters. The highest BCUT2D eigenvalue weighted by molar-refractivity contribution is 9.11. The highest BCUT2D eigenvalue weighted by Crippen LogP contribution is 2.32. The third kappa shape index (κ3) is 5.62. The van der Waals surface area contributed by atoms with E-state index >= 15 is 0 Å². The van der Waals surface area contributed by atoms with E-state index in [4.69, 9.17) is 4.74 Å². The molecule has 0 aliphatic carbocycles. The summed E-state index contributed by atoms with van der Waals surface area (Å²) in [5.74, 6) is -0.723. The molecule has 1 amide bonds. The van der Waals surface area contributed by atoms with Crippen molar-refractivity contribution in [3.05, 3.63) is 78.4 Å². The molecule has 0 atom stereocenters. The summed E-state index contributed by atoms with van der Waals surface area (Å²) in [6, 6.07) is 11.9. The maximum Gasteiger partial charge on any atom is 0.343 e. The van der Waals surface area contributed by atoms with Crippen LogP contribution in [0.4, 0.5) is 0 Å². The van der Waals surface area contributed by atoms with Crippen LogP contribution >= 0.6 is 47.8 Å². The maximum atomic E-state index is 12.5. The van der Waals surface area contributed by atoms with Crippen LogP contribution in [-0.2, 0) is 0 Å². The molecule has 0 spiro atoms. The number of carbonyl (C=O) groups is 2. The highest BCUT2D eigenvalue weighted by Gasteiger charge is 2.16. The predicted octanol–water partition coefficient (Wildman–Crippen LogP) is 4.99. The number of carbonyl (C=O) groups excluding carboxylic acids is 2. The molecule has 10 heteroatoms. The minimum Gasteiger partial charge on any atom is -0.421 e. The predicted molar refractivity (Wildman–Crippen MR) is 119 cm³/mol. The van der Waals surface area contributed by atoms with E-state index in [1.54, 1.807) is 43.3 Å². The summed E-state index contributed by atoms with van der Waals surface area (Å²) in [6.07, 6.45) is 1.39. The average molecular weight is 585 g/mol. The zero-order chi connectivity index (χ0) is 21.0. The number of aryl methyl sites for hydroxylation is 1. The van der Waals surface area contributed by atoms with E-state index in [2.05, 4.69) is 68.5 Å². The topological polar surface area (TPSA) is 96.4 Å². The number of benzene rings is 2. The first kappa shape index (κ1) is 21.4. The van der Waals surface area contributed by atoms with Crippen LogP contribution in [0.3, 0.4) is 0 Å². The van der Waals surface area contributed by atoms with Crippen LogP contribution in [-0.4, -0.2) is 28.3 Å². The lowest BCUT2D eigenvalue weighted by atomic mass is 10.2. The normalized spacial score (nSPS) is 10.9. The third-order valence-electron chi connectivity index (χ3n) is 3.60. The molecule has 29 heavy (non-hydrogen) atoms. The number of esters is 1. The first-order chi connectivity index (χ1) is 13.8. The Morgan fingerprint density at radius 2 is 1.93 bits per heavy atom. The van der Waals surface area contributed by atoms with Crippen molar-refractivity contribution in [1.29, 1.82) is 0 Å². The molecule has 1 aromatic heterocycles. The second kappa shape index (κ2) is 9.47. The maximum absolute atomic E-state index is 12.5. The summed E-state index contributed by atoms with van der Waals surface area (Å²) in [5, 5.41) is 10.5. The number of H-pyrrole nitrogens is 1. The van der Waals surface area contributed by atoms with Gasteiger partial charge in [-0.15, -0.1) is 0 Å². The van der Waals surface area contributed by atoms with Crippen LogP contribution < -0.4 is 10.2 Å². The van der Waals surface area contributed by atoms with Gasteiger partial charge in [0, 0.05) is 20.2 Å². The first-order valence-corrected chi connectivity index (χ1v) is 10.5. The molecule has 1 heterocycles. The fraction of sp³-hybridized carbons (Fsp3) is 0.0526. The fourth-order valence-corrected chi connectivity index (χ4v) is 4.04. The molecule has 3 rings (SSSR count). The number of halogens is 3. The van der Waals surface area contributed by atoms with E-state index in [0.717, 1.165) is 14.6 Å². The van der Waals surface area contributed by atoms with Gasteiger partial charge in [0.15, 0.2) is 11.4 Å². The molecule has 7 nitrogen and oxygen atoms in total. The highest BCUT2D eigenvalue weighted by atomic mass is 79.9. The van der Waals surface area contributed by atoms with E-state index in [1.807, 2.05) is 6.07 Å². The molecule has 2 aromatic carbocycles. The van der Waals surface area contributed by atoms with Crippen LogP contribution in [0.5, 0.6) is 5.75 Å². The fourth-order valence-electron chi connectivity index (χ4n) is 2.30. The number of hydrogen-bond acceptors (Lipinski definition) is 5. The van der Waals surface area contributed by atoms with Crippen molar-refractivity contribution in [2.45, 2.75) is 6.92 Å². The number of amides is 1. The standard InChI is InChI=1S/C19H13Br3N4O3/c1-10-5-16(25-24-10)18(27)26-23-9-12-7-14(21)8-15(22)17(12)29-19(28)11-3-2-4-13(20)6-11/h2-9H,1H3,(H,24,25)(H,26,27)/b23-9-. The number of aromatic nitrogens is 2. The van der Waals surface area contributed by atoms with Crippen LogP contribution in [0.15, 0.2) is 61.0 Å². The van der Waals surface area contributed by atoms with Crippen LogP contribution in [0.1, 0.15) is 32.1 Å². The lowest BCUT2D eigenvalue weighted by molar-refractivity contribution is 0.0732. The van der Waals surface area contributed by atoms with Gasteiger partial charge < -0.3 is 4.74 Å². The number of nitrogens with zero attached hydrogens (tertiary/aromatic N) is 2. The largest absolute Gasteiger partial charge is 0.421 e. The van der Waals surface area contributed by atoms with Crippen molar-refractivity contribution in [3.8, 4) is 5.75 Å². The Morgan fingerprint density at radius 3 is 2.62 bits per heavy atom. The van der Waals surface area contributed by atoms with Gasteiger partial charge in [0.2, 0.25) is 0 Å². The lowest BCUT2D eigenvalue weighted by Gasteiger charge is -2.10. The number of rotatable bonds is 5. The van der Waals surface area contributed by atoms with E-state index < -0.39 is 11.9 Å². The summed E-state index contributed by atoms with van der Waals surface area (Å²) < 4.78 is 7.62. The Labute approximate surface area is 191 Å². The minimum atomic E-state index is -0.528. The number of nitrogens with one attached hydrogen (secondary N) is 2. The number of hydrazone groups is 1. The van der Waals surface area contributed by atoms with Crippen molar-refractivity contribution in [1.82, 2.24) is 15.6 Å². The van der Waals surface area contributed by atoms with Gasteiger partial charge in [0.25, 0.3) is 5.91 Å². The molecule has 0 saturated carbocycles. The summed E-state index contributed by atoms with van der Waals surface area (Å²) in [4.78, 5) is 24.6. The molecule has 0 aliphatic heterocycles. The molecule has 0 bridgehead atoms. The summed E-state index contributed by atoms with van der Waals surface area (Å²) >= 11 is 10.1. The van der Waals surface area contributed by atoms with Crippen molar-refractivity contribution in [3.63, 3.8) is 0 Å². The molecule has 0 fully saturated rings. The van der Waals surface area contributed by atoms with Gasteiger partial charge >= 0.3 is 5.97 Å². The van der Waals surface area contributed by atoms with Gasteiger partial charge in [-0.05, 0) is 59.3 Å². The van der Waals surface area contributed by atoms with E-state index in [-0.39, 0.29) is 11.4 Å². The Bertz CT molecular complexity index is 1110. The molecule has 148 valence electrons. The average Bonchev–Trinajstić information content (AvgIpc) is 3.10. The second-order valence-corrected chi connectivity index (χ2v) is 8.53. The quantitative estimate of drug-likeness (QED) is 0.191. The Morgan fingerprint density at radius 1 is 1.14 bits per heavy atom. The first-order valence-electron chi connectivity index (χ1n) is 8.15. The van der Waals surface area contributed by atoms with Gasteiger partial charge in [-0.1, -0.05) is 37.9 Å². The number of hydrogen-bond donors (Lipinski definition) is 2. The summed E-state index contributed by atoms with van der Waals surface area (Å²) in [6.45, 7) is 1.79. The van der Waals surface area contributed by atoms with Gasteiger partial charge in [-0.2, -0.15) is 10.2 Å². The van der Waals surface area contributed by atoms with Crippen molar-refractivity contribution >= 4 is 65.9 Å². The molecule has 2 N–H and O–H groups in total. The van der Waals surface area contributed by atoms with Crippen LogP contribution in [0.2, 0.25) is 0 Å². The van der Waals surface area contributed by atoms with Crippen molar-refractivity contribution in [2.75, 3.05) is 0 Å². The Balaban J connectivity index is 1.81. The van der Waals surface area contributed by atoms with E-state index in [9.17, 15) is 9.59 Å². The molecular weight excluding hydrogens is 572 g/mol. The molecule has 0 saturated heterocycles. The Hall–Kier alpha value is -2.30. The second-order valence-electron chi connectivity index (χ2n) is 5.84. The van der Waals surface area contributed by atoms with Gasteiger partial charge in [-0.25, -0.2) is 10.2 Å². The smallest absolute Gasteiger partial charge is 0.343 e. The summed E-state index contributed by atoms with van der Waals surface area (Å²) in [7, 11) is 0. The summed E-state index contributed by atoms with van der Waals surface area (Å²) in [5.41, 5.74) is 4.24. The van der Waals surface area contributed by atoms with Crippen molar-refractivity contribution < 1.29 is 14.3 Å². The van der Waals surface area contributed by atoms with Crippen LogP contribution in [0, 0.1) is 6.92 Å². The number of ether oxygens (including phenoxy) is 1. The van der Waals surface area contributed by atoms with Gasteiger partial charge in [0.1, 0.15) is 0 Å². The zero-order valence-corrected chi connectivity index (χ0v) is 19.6. The SMILES string of the molecule is Cc1cc(C(=O)N/N=C\c2cc(Br)cc(Br)c2OC(=O)c2cccc(Br)c2)n[nH]1. The zero-order valence-electron chi connectivity index (χ0n) is 14.9. The molecule has 0 aliphatic rings. The van der Waals surface area contributed by atoms with Gasteiger partial charge in [-0.3, -0.25) is 9.89 Å². The van der Waals surface area contributed by atoms with E-state index in [1.165, 1.54) is 6.21 Å². The van der Waals surface area contributed by atoms with Crippen LogP contribution in [0.25, 0.3) is 0 Å². The molecular formula is C19H13Br3N4O3. The molecule has 3 aromatic rings. The lowest BCUT2D eigenvalue weighted by Crippen LogP contribution is -2.18. The van der Waals surface area contributed by atoms with Gasteiger partial charge in [0.05, 0.1) is 16.3 Å². The Kier molecular flexibility index (Phi) is 6.99. The van der Waals surface area contributed by atoms with E-state index in [0.29, 0.717) is 15.6 Å². The molecule has 0 radical (unpaired) electrons. The monoisotopic (exact) mass is 582 g/mol. The minimum absolute atomic E-state index is 0.219. The number of aromatic amines is 1.